The maximum Gasteiger partial charge on any atom is 0.240 e. The lowest BCUT2D eigenvalue weighted by molar-refractivity contribution is -0.118. The minimum Gasteiger partial charge on any atom is -0.368 e. The van der Waals surface area contributed by atoms with Crippen LogP contribution < -0.4 is 5.73 Å². The fourth-order valence-corrected chi connectivity index (χ4v) is 1.16. The van der Waals surface area contributed by atoms with Crippen molar-refractivity contribution in [2.24, 2.45) is 16.6 Å². The summed E-state index contributed by atoms with van der Waals surface area (Å²) in [6.07, 6.45) is 3.33. The van der Waals surface area contributed by atoms with Crippen LogP contribution in [0.3, 0.4) is 0 Å². The number of nitrogens with zero attached hydrogens (tertiary/aromatic N) is 3. The second-order valence-corrected chi connectivity index (χ2v) is 3.28. The van der Waals surface area contributed by atoms with Crippen molar-refractivity contribution in [3.8, 4) is 6.07 Å². The summed E-state index contributed by atoms with van der Waals surface area (Å²) in [6, 6.07) is 5.46. The fraction of sp³-hybridized carbons (Fsp3) is 0.273. The van der Waals surface area contributed by atoms with E-state index in [1.54, 1.807) is 19.3 Å². The van der Waals surface area contributed by atoms with Crippen molar-refractivity contribution >= 4 is 11.6 Å². The maximum atomic E-state index is 10.9. The number of carbonyl (C=O) groups is 1. The summed E-state index contributed by atoms with van der Waals surface area (Å²) in [5.74, 6) is -1.61. The van der Waals surface area contributed by atoms with Crippen molar-refractivity contribution < 1.29 is 4.79 Å². The molecule has 1 atom stereocenters. The van der Waals surface area contributed by atoms with E-state index >= 15 is 0 Å². The third-order valence-electron chi connectivity index (χ3n) is 2.09. The summed E-state index contributed by atoms with van der Waals surface area (Å²) in [5.41, 5.74) is 6.47. The summed E-state index contributed by atoms with van der Waals surface area (Å²) in [7, 11) is 0. The van der Waals surface area contributed by atoms with Gasteiger partial charge in [0.25, 0.3) is 0 Å². The number of rotatable bonds is 4. The molecule has 0 fully saturated rings. The average molecular weight is 216 g/mol. The SMILES string of the molecule is CC(=NCc1ccncc1)C(C#N)C(N)=O. The molecular formula is C11H12N4O. The number of aliphatic imine (C=N–C) groups is 1. The summed E-state index contributed by atoms with van der Waals surface area (Å²) in [4.78, 5) is 18.9. The molecule has 5 heteroatoms. The van der Waals surface area contributed by atoms with Crippen LogP contribution in [0.4, 0.5) is 0 Å². The molecule has 0 saturated carbocycles. The molecule has 0 saturated heterocycles. The lowest BCUT2D eigenvalue weighted by Gasteiger charge is -2.04. The number of hydrogen-bond acceptors (Lipinski definition) is 4. The highest BCUT2D eigenvalue weighted by atomic mass is 16.1. The predicted molar refractivity (Wildman–Crippen MR) is 59.3 cm³/mol. The van der Waals surface area contributed by atoms with Gasteiger partial charge in [0.2, 0.25) is 5.91 Å². The van der Waals surface area contributed by atoms with E-state index in [9.17, 15) is 4.79 Å². The van der Waals surface area contributed by atoms with Crippen molar-refractivity contribution in [2.75, 3.05) is 0 Å². The van der Waals surface area contributed by atoms with Gasteiger partial charge in [0.15, 0.2) is 5.92 Å². The van der Waals surface area contributed by atoms with Gasteiger partial charge < -0.3 is 5.73 Å². The van der Waals surface area contributed by atoms with Gasteiger partial charge in [-0.1, -0.05) is 0 Å². The van der Waals surface area contributed by atoms with Crippen molar-refractivity contribution in [3.05, 3.63) is 30.1 Å². The zero-order valence-electron chi connectivity index (χ0n) is 8.92. The third-order valence-corrected chi connectivity index (χ3v) is 2.09. The molecule has 0 aliphatic heterocycles. The van der Waals surface area contributed by atoms with Crippen LogP contribution in [-0.2, 0) is 11.3 Å². The first-order chi connectivity index (χ1) is 7.65. The molecule has 5 nitrogen and oxygen atoms in total. The van der Waals surface area contributed by atoms with E-state index in [4.69, 9.17) is 11.0 Å². The van der Waals surface area contributed by atoms with Gasteiger partial charge in [0.05, 0.1) is 12.6 Å². The van der Waals surface area contributed by atoms with Gasteiger partial charge in [-0.15, -0.1) is 0 Å². The number of carbonyl (C=O) groups excluding carboxylic acids is 1. The van der Waals surface area contributed by atoms with E-state index in [0.717, 1.165) is 5.56 Å². The minimum absolute atomic E-state index is 0.416. The Morgan fingerprint density at radius 2 is 2.25 bits per heavy atom. The van der Waals surface area contributed by atoms with E-state index in [2.05, 4.69) is 9.98 Å². The maximum absolute atomic E-state index is 10.9. The molecule has 0 aromatic carbocycles. The summed E-state index contributed by atoms with van der Waals surface area (Å²) in [5, 5.41) is 8.72. The van der Waals surface area contributed by atoms with E-state index < -0.39 is 11.8 Å². The van der Waals surface area contributed by atoms with E-state index in [0.29, 0.717) is 12.3 Å². The Hall–Kier alpha value is -2.22. The molecule has 0 aliphatic carbocycles. The van der Waals surface area contributed by atoms with Crippen molar-refractivity contribution in [1.29, 1.82) is 5.26 Å². The van der Waals surface area contributed by atoms with Crippen LogP contribution in [-0.4, -0.2) is 16.6 Å². The molecule has 1 heterocycles. The average Bonchev–Trinajstić information content (AvgIpc) is 2.28. The highest BCUT2D eigenvalue weighted by Gasteiger charge is 2.17. The van der Waals surface area contributed by atoms with Gasteiger partial charge in [-0.05, 0) is 24.6 Å². The highest BCUT2D eigenvalue weighted by molar-refractivity contribution is 6.04. The minimum atomic E-state index is -0.943. The molecule has 16 heavy (non-hydrogen) atoms. The van der Waals surface area contributed by atoms with E-state index in [1.807, 2.05) is 18.2 Å². The van der Waals surface area contributed by atoms with Crippen LogP contribution in [0.1, 0.15) is 12.5 Å². The molecule has 0 aliphatic rings. The lowest BCUT2D eigenvalue weighted by Crippen LogP contribution is -2.27. The number of nitriles is 1. The zero-order chi connectivity index (χ0) is 12.0. The second-order valence-electron chi connectivity index (χ2n) is 3.28. The number of primary amides is 1. The predicted octanol–water partition coefficient (Wildman–Crippen LogP) is 0.668. The van der Waals surface area contributed by atoms with Crippen LogP contribution in [0, 0.1) is 17.2 Å². The van der Waals surface area contributed by atoms with Gasteiger partial charge in [0.1, 0.15) is 0 Å². The Bertz CT molecular complexity index is 433. The fourth-order valence-electron chi connectivity index (χ4n) is 1.16. The Morgan fingerprint density at radius 1 is 1.62 bits per heavy atom. The molecule has 0 bridgehead atoms. The van der Waals surface area contributed by atoms with Crippen molar-refractivity contribution in [2.45, 2.75) is 13.5 Å². The molecule has 1 aromatic rings. The first-order valence-electron chi connectivity index (χ1n) is 4.74. The van der Waals surface area contributed by atoms with E-state index in [-0.39, 0.29) is 0 Å². The van der Waals surface area contributed by atoms with Crippen LogP contribution >= 0.6 is 0 Å². The molecule has 2 N–H and O–H groups in total. The Labute approximate surface area is 93.6 Å². The normalized spacial score (nSPS) is 12.9. The van der Waals surface area contributed by atoms with Crippen LogP contribution in [0.2, 0.25) is 0 Å². The number of aromatic nitrogens is 1. The van der Waals surface area contributed by atoms with Gasteiger partial charge in [-0.2, -0.15) is 5.26 Å². The zero-order valence-corrected chi connectivity index (χ0v) is 8.92. The van der Waals surface area contributed by atoms with Gasteiger partial charge in [-0.3, -0.25) is 14.8 Å². The van der Waals surface area contributed by atoms with Crippen LogP contribution in [0.5, 0.6) is 0 Å². The smallest absolute Gasteiger partial charge is 0.240 e. The molecule has 82 valence electrons. The van der Waals surface area contributed by atoms with E-state index in [1.165, 1.54) is 0 Å². The second kappa shape index (κ2) is 5.61. The molecule has 1 rings (SSSR count). The quantitative estimate of drug-likeness (QED) is 0.749. The molecule has 0 radical (unpaired) electrons. The van der Waals surface area contributed by atoms with Crippen LogP contribution in [0.15, 0.2) is 29.5 Å². The first kappa shape index (κ1) is 11.9. The van der Waals surface area contributed by atoms with Crippen molar-refractivity contribution in [3.63, 3.8) is 0 Å². The molecule has 1 unspecified atom stereocenters. The number of hydrogen-bond donors (Lipinski definition) is 1. The highest BCUT2D eigenvalue weighted by Crippen LogP contribution is 2.03. The topological polar surface area (TPSA) is 92.1 Å². The van der Waals surface area contributed by atoms with Gasteiger partial charge in [-0.25, -0.2) is 0 Å². The monoisotopic (exact) mass is 216 g/mol. The molecule has 1 amide bonds. The molecular weight excluding hydrogens is 204 g/mol. The standard InChI is InChI=1S/C11H12N4O/c1-8(10(6-12)11(13)16)15-7-9-2-4-14-5-3-9/h2-5,10H,7H2,1H3,(H2,13,16). The number of pyridine rings is 1. The summed E-state index contributed by atoms with van der Waals surface area (Å²) in [6.45, 7) is 2.04. The van der Waals surface area contributed by atoms with Crippen LogP contribution in [0.25, 0.3) is 0 Å². The largest absolute Gasteiger partial charge is 0.368 e. The first-order valence-corrected chi connectivity index (χ1v) is 4.74. The molecule has 0 spiro atoms. The Morgan fingerprint density at radius 3 is 2.75 bits per heavy atom. The summed E-state index contributed by atoms with van der Waals surface area (Å²) < 4.78 is 0. The van der Waals surface area contributed by atoms with Gasteiger partial charge >= 0.3 is 0 Å². The lowest BCUT2D eigenvalue weighted by atomic mass is 10.1. The Balaban J connectivity index is 2.72. The summed E-state index contributed by atoms with van der Waals surface area (Å²) >= 11 is 0. The van der Waals surface area contributed by atoms with Crippen molar-refractivity contribution in [1.82, 2.24) is 4.98 Å². The number of amides is 1. The third kappa shape index (κ3) is 3.17. The molecule has 1 aromatic heterocycles. The van der Waals surface area contributed by atoms with Gasteiger partial charge in [0, 0.05) is 18.1 Å². The Kier molecular flexibility index (Phi) is 4.16. The number of nitrogens with two attached hydrogens (primary N) is 1.